The number of hydrogen-bond acceptors (Lipinski definition) is 3. The average molecular weight is 278 g/mol. The van der Waals surface area contributed by atoms with E-state index in [2.05, 4.69) is 27.2 Å². The first-order chi connectivity index (χ1) is 9.79. The number of nitrogens with two attached hydrogens (primary N) is 1. The first-order valence-electron chi connectivity index (χ1n) is 7.55. The lowest BCUT2D eigenvalue weighted by Gasteiger charge is -2.20. The summed E-state index contributed by atoms with van der Waals surface area (Å²) in [5, 5.41) is 7.33. The average Bonchev–Trinajstić information content (AvgIpc) is 3.12. The Morgan fingerprint density at radius 3 is 3.20 bits per heavy atom. The zero-order valence-corrected chi connectivity index (χ0v) is 12.3. The SMILES string of the molecule is CCN1CCCC1CN=C(N)NCCCn1cccn1. The summed E-state index contributed by atoms with van der Waals surface area (Å²) in [5.74, 6) is 0.563. The maximum absolute atomic E-state index is 5.90. The maximum atomic E-state index is 5.90. The van der Waals surface area contributed by atoms with E-state index in [1.165, 1.54) is 19.4 Å². The summed E-state index contributed by atoms with van der Waals surface area (Å²) in [6.07, 6.45) is 7.28. The van der Waals surface area contributed by atoms with E-state index < -0.39 is 0 Å². The minimum absolute atomic E-state index is 0.563. The van der Waals surface area contributed by atoms with Crippen LogP contribution in [0.2, 0.25) is 0 Å². The van der Waals surface area contributed by atoms with E-state index in [1.807, 2.05) is 16.9 Å². The van der Waals surface area contributed by atoms with Crippen LogP contribution in [0.3, 0.4) is 0 Å². The molecule has 0 spiro atoms. The van der Waals surface area contributed by atoms with Crippen molar-refractivity contribution < 1.29 is 0 Å². The molecule has 1 atom stereocenters. The van der Waals surface area contributed by atoms with Gasteiger partial charge in [-0.2, -0.15) is 5.10 Å². The number of hydrogen-bond donors (Lipinski definition) is 2. The second-order valence-electron chi connectivity index (χ2n) is 5.20. The molecule has 1 aliphatic rings. The van der Waals surface area contributed by atoms with Crippen LogP contribution in [0.25, 0.3) is 0 Å². The highest BCUT2D eigenvalue weighted by molar-refractivity contribution is 5.77. The molecule has 0 saturated carbocycles. The lowest BCUT2D eigenvalue weighted by Crippen LogP contribution is -2.36. The molecule has 3 N–H and O–H groups in total. The van der Waals surface area contributed by atoms with Crippen molar-refractivity contribution >= 4 is 5.96 Å². The molecule has 2 rings (SSSR count). The van der Waals surface area contributed by atoms with Crippen molar-refractivity contribution in [3.63, 3.8) is 0 Å². The van der Waals surface area contributed by atoms with Crippen molar-refractivity contribution in [2.45, 2.75) is 38.8 Å². The van der Waals surface area contributed by atoms with Gasteiger partial charge in [0.2, 0.25) is 0 Å². The third kappa shape index (κ3) is 4.52. The summed E-state index contributed by atoms with van der Waals surface area (Å²) in [6, 6.07) is 2.51. The van der Waals surface area contributed by atoms with Crippen LogP contribution in [0.15, 0.2) is 23.5 Å². The Labute approximate surface area is 121 Å². The van der Waals surface area contributed by atoms with Gasteiger partial charge in [-0.1, -0.05) is 6.92 Å². The molecular formula is C14H26N6. The van der Waals surface area contributed by atoms with Gasteiger partial charge in [-0.3, -0.25) is 14.6 Å². The summed E-state index contributed by atoms with van der Waals surface area (Å²) in [7, 11) is 0. The minimum atomic E-state index is 0.563. The fraction of sp³-hybridized carbons (Fsp3) is 0.714. The predicted octanol–water partition coefficient (Wildman–Crippen LogP) is 0.662. The molecule has 1 aromatic rings. The Balaban J connectivity index is 1.61. The normalized spacial score (nSPS) is 20.4. The highest BCUT2D eigenvalue weighted by Gasteiger charge is 2.22. The number of guanidine groups is 1. The second kappa shape index (κ2) is 7.89. The Kier molecular flexibility index (Phi) is 5.86. The monoisotopic (exact) mass is 278 g/mol. The van der Waals surface area contributed by atoms with E-state index in [-0.39, 0.29) is 0 Å². The molecule has 0 radical (unpaired) electrons. The highest BCUT2D eigenvalue weighted by atomic mass is 15.3. The van der Waals surface area contributed by atoms with Crippen LogP contribution in [0.4, 0.5) is 0 Å². The minimum Gasteiger partial charge on any atom is -0.370 e. The van der Waals surface area contributed by atoms with Crippen LogP contribution < -0.4 is 11.1 Å². The van der Waals surface area contributed by atoms with Crippen molar-refractivity contribution in [1.29, 1.82) is 0 Å². The van der Waals surface area contributed by atoms with Crippen LogP contribution in [-0.4, -0.2) is 52.9 Å². The van der Waals surface area contributed by atoms with Gasteiger partial charge in [0.1, 0.15) is 0 Å². The quantitative estimate of drug-likeness (QED) is 0.437. The van der Waals surface area contributed by atoms with Crippen LogP contribution >= 0.6 is 0 Å². The third-order valence-electron chi connectivity index (χ3n) is 3.81. The van der Waals surface area contributed by atoms with Gasteiger partial charge in [0.05, 0.1) is 6.54 Å². The van der Waals surface area contributed by atoms with Crippen molar-refractivity contribution in [3.8, 4) is 0 Å². The molecule has 2 heterocycles. The Hall–Kier alpha value is -1.56. The molecule has 1 fully saturated rings. The van der Waals surface area contributed by atoms with Gasteiger partial charge in [0, 0.05) is 31.5 Å². The van der Waals surface area contributed by atoms with Crippen molar-refractivity contribution in [2.75, 3.05) is 26.2 Å². The number of rotatable bonds is 7. The van der Waals surface area contributed by atoms with E-state index in [4.69, 9.17) is 5.73 Å². The fourth-order valence-electron chi connectivity index (χ4n) is 2.67. The smallest absolute Gasteiger partial charge is 0.188 e. The summed E-state index contributed by atoms with van der Waals surface area (Å²) in [5.41, 5.74) is 5.90. The molecule has 0 amide bonds. The van der Waals surface area contributed by atoms with E-state index in [0.29, 0.717) is 12.0 Å². The summed E-state index contributed by atoms with van der Waals surface area (Å²) in [6.45, 7) is 7.06. The number of likely N-dealkylation sites (N-methyl/N-ethyl adjacent to an activating group) is 1. The number of aliphatic imine (C=N–C) groups is 1. The van der Waals surface area contributed by atoms with Crippen LogP contribution in [-0.2, 0) is 6.54 Å². The molecule has 1 aromatic heterocycles. The van der Waals surface area contributed by atoms with Gasteiger partial charge >= 0.3 is 0 Å². The molecule has 6 heteroatoms. The molecule has 112 valence electrons. The van der Waals surface area contributed by atoms with Crippen molar-refractivity contribution in [1.82, 2.24) is 20.0 Å². The molecular weight excluding hydrogens is 252 g/mol. The number of likely N-dealkylation sites (tertiary alicyclic amines) is 1. The lowest BCUT2D eigenvalue weighted by atomic mass is 10.2. The van der Waals surface area contributed by atoms with Crippen molar-refractivity contribution in [3.05, 3.63) is 18.5 Å². The predicted molar refractivity (Wildman–Crippen MR) is 81.6 cm³/mol. The third-order valence-corrected chi connectivity index (χ3v) is 3.81. The Morgan fingerprint density at radius 2 is 2.45 bits per heavy atom. The maximum Gasteiger partial charge on any atom is 0.188 e. The molecule has 20 heavy (non-hydrogen) atoms. The molecule has 1 unspecified atom stereocenters. The van der Waals surface area contributed by atoms with E-state index in [9.17, 15) is 0 Å². The molecule has 6 nitrogen and oxygen atoms in total. The second-order valence-corrected chi connectivity index (χ2v) is 5.20. The highest BCUT2D eigenvalue weighted by Crippen LogP contribution is 2.16. The van der Waals surface area contributed by atoms with Crippen LogP contribution in [0.5, 0.6) is 0 Å². The number of nitrogens with zero attached hydrogens (tertiary/aromatic N) is 4. The van der Waals surface area contributed by atoms with Gasteiger partial charge in [-0.25, -0.2) is 0 Å². The van der Waals surface area contributed by atoms with Crippen LogP contribution in [0, 0.1) is 0 Å². The summed E-state index contributed by atoms with van der Waals surface area (Å²) >= 11 is 0. The molecule has 0 aliphatic carbocycles. The Morgan fingerprint density at radius 1 is 1.55 bits per heavy atom. The molecule has 1 aliphatic heterocycles. The summed E-state index contributed by atoms with van der Waals surface area (Å²) in [4.78, 5) is 6.94. The number of nitrogens with one attached hydrogen (secondary N) is 1. The molecule has 1 saturated heterocycles. The van der Waals surface area contributed by atoms with E-state index in [1.54, 1.807) is 6.20 Å². The largest absolute Gasteiger partial charge is 0.370 e. The topological polar surface area (TPSA) is 71.5 Å². The lowest BCUT2D eigenvalue weighted by molar-refractivity contribution is 0.273. The standard InChI is InChI=1S/C14H26N6/c1-2-19-9-3-6-13(19)12-17-14(15)16-7-4-10-20-11-5-8-18-20/h5,8,11,13H,2-4,6-7,9-10,12H2,1H3,(H3,15,16,17). The number of aromatic nitrogens is 2. The Bertz CT molecular complexity index is 400. The van der Waals surface area contributed by atoms with E-state index in [0.717, 1.165) is 32.6 Å². The molecule has 0 aromatic carbocycles. The fourth-order valence-corrected chi connectivity index (χ4v) is 2.67. The van der Waals surface area contributed by atoms with Gasteiger partial charge < -0.3 is 11.1 Å². The first kappa shape index (κ1) is 14.8. The van der Waals surface area contributed by atoms with E-state index >= 15 is 0 Å². The van der Waals surface area contributed by atoms with Crippen molar-refractivity contribution in [2.24, 2.45) is 10.7 Å². The zero-order valence-electron chi connectivity index (χ0n) is 12.3. The summed E-state index contributed by atoms with van der Waals surface area (Å²) < 4.78 is 1.92. The van der Waals surface area contributed by atoms with Gasteiger partial charge in [0.15, 0.2) is 5.96 Å². The zero-order chi connectivity index (χ0) is 14.2. The first-order valence-corrected chi connectivity index (χ1v) is 7.55. The van der Waals surface area contributed by atoms with Gasteiger partial charge in [-0.05, 0) is 38.4 Å². The van der Waals surface area contributed by atoms with Gasteiger partial charge in [-0.15, -0.1) is 0 Å². The van der Waals surface area contributed by atoms with Gasteiger partial charge in [0.25, 0.3) is 0 Å². The van der Waals surface area contributed by atoms with Crippen LogP contribution in [0.1, 0.15) is 26.2 Å². The number of aryl methyl sites for hydroxylation is 1. The molecule has 0 bridgehead atoms.